The van der Waals surface area contributed by atoms with Crippen molar-refractivity contribution in [1.82, 2.24) is 30.6 Å². The zero-order valence-corrected chi connectivity index (χ0v) is 26.2. The van der Waals surface area contributed by atoms with Crippen LogP contribution in [0.4, 0.5) is 39.5 Å². The predicted molar refractivity (Wildman–Crippen MR) is 144 cm³/mol. The van der Waals surface area contributed by atoms with E-state index in [1.165, 1.54) is 0 Å². The van der Waals surface area contributed by atoms with Gasteiger partial charge >= 0.3 is 69.7 Å². The zero-order valence-electron chi connectivity index (χ0n) is 23.4. The molecule has 3 aromatic heterocycles. The third kappa shape index (κ3) is 12.0. The van der Waals surface area contributed by atoms with Gasteiger partial charge in [0.05, 0.1) is 0 Å². The van der Waals surface area contributed by atoms with Crippen molar-refractivity contribution in [2.75, 3.05) is 0 Å². The van der Waals surface area contributed by atoms with E-state index >= 15 is 0 Å². The summed E-state index contributed by atoms with van der Waals surface area (Å²) >= 11 is 0. The Morgan fingerprint density at radius 3 is 1.04 bits per heavy atom. The molecule has 0 atom stereocenters. The summed E-state index contributed by atoms with van der Waals surface area (Å²) in [6.45, 7) is 0. The van der Waals surface area contributed by atoms with Crippen LogP contribution in [0.25, 0.3) is 33.8 Å². The number of rotatable bonds is 3. The minimum Gasteiger partial charge on any atom is -0.574 e. The van der Waals surface area contributed by atoms with E-state index < -0.39 is 35.6 Å². The number of alkyl halides is 9. The van der Waals surface area contributed by atoms with Crippen LogP contribution in [-0.2, 0) is 69.7 Å². The molecule has 0 radical (unpaired) electrons. The molecule has 0 aliphatic heterocycles. The molecule has 0 aliphatic carbocycles. The molecule has 0 saturated heterocycles. The van der Waals surface area contributed by atoms with Crippen molar-refractivity contribution in [1.29, 1.82) is 0 Å². The Kier molecular flexibility index (Phi) is 15.9. The van der Waals surface area contributed by atoms with Crippen LogP contribution < -0.4 is 15.3 Å². The Bertz CT molecular complexity index is 1560. The largest absolute Gasteiger partial charge is 1.00 e. The number of aromatic nitrogens is 6. The standard InChI is InChI=1S/3C10H6F3N2.3Cu/c3*11-10(12,13)9-6-8(14-15-9)7-4-2-1-3-5-7;;;/h3*1-6H;;;/q3*-1;3*+1. The monoisotopic (exact) mass is 822 g/mol. The average Bonchev–Trinajstić information content (AvgIpc) is 3.80. The number of halogens is 9. The van der Waals surface area contributed by atoms with Crippen LogP contribution in [0.1, 0.15) is 17.1 Å². The van der Waals surface area contributed by atoms with Gasteiger partial charge in [0.25, 0.3) is 0 Å². The molecule has 0 aliphatic rings. The van der Waals surface area contributed by atoms with Gasteiger partial charge in [-0.25, -0.2) is 0 Å². The topological polar surface area (TPSA) is 81.0 Å². The van der Waals surface area contributed by atoms with Gasteiger partial charge in [0.2, 0.25) is 0 Å². The molecule has 48 heavy (non-hydrogen) atoms. The molecule has 0 N–H and O–H groups in total. The molecule has 6 rings (SSSR count). The van der Waals surface area contributed by atoms with Gasteiger partial charge in [-0.1, -0.05) is 91.0 Å². The number of hydrogen-bond donors (Lipinski definition) is 0. The number of nitrogens with zero attached hydrogens (tertiary/aromatic N) is 6. The zero-order chi connectivity index (χ0) is 32.7. The van der Waals surface area contributed by atoms with E-state index in [0.29, 0.717) is 16.7 Å². The van der Waals surface area contributed by atoms with Crippen molar-refractivity contribution in [2.45, 2.75) is 18.5 Å². The van der Waals surface area contributed by atoms with E-state index in [-0.39, 0.29) is 68.3 Å². The molecule has 0 fully saturated rings. The second-order valence-corrected chi connectivity index (χ2v) is 8.94. The second kappa shape index (κ2) is 18.1. The van der Waals surface area contributed by atoms with Crippen molar-refractivity contribution in [3.63, 3.8) is 0 Å². The first-order valence-electron chi connectivity index (χ1n) is 12.6. The minimum atomic E-state index is -4.43. The van der Waals surface area contributed by atoms with Crippen molar-refractivity contribution < 1.29 is 90.7 Å². The summed E-state index contributed by atoms with van der Waals surface area (Å²) in [6, 6.07) is 28.7. The molecule has 0 bridgehead atoms. The van der Waals surface area contributed by atoms with Crippen LogP contribution in [0.3, 0.4) is 0 Å². The van der Waals surface area contributed by atoms with Gasteiger partial charge in [0.1, 0.15) is 5.69 Å². The van der Waals surface area contributed by atoms with Crippen LogP contribution in [0.5, 0.6) is 0 Å². The van der Waals surface area contributed by atoms with Crippen LogP contribution in [0, 0.1) is 0 Å². The summed E-state index contributed by atoms with van der Waals surface area (Å²) in [7, 11) is 0. The SMILES string of the molecule is FC(F)(F)c1cc(-c2ccccc2)[n-]n1.FC(F)(F)c1cc(-c2ccccc2)n[n-]1.FC(F)(F)c1cc(-c2ccccc2)n[n-]1.[Cu+].[Cu+].[Cu+]. The van der Waals surface area contributed by atoms with Crippen molar-refractivity contribution in [3.8, 4) is 33.8 Å². The molecule has 6 nitrogen and oxygen atoms in total. The summed E-state index contributed by atoms with van der Waals surface area (Å²) < 4.78 is 110. The van der Waals surface area contributed by atoms with E-state index in [1.807, 2.05) is 0 Å². The van der Waals surface area contributed by atoms with Crippen molar-refractivity contribution in [3.05, 3.63) is 126 Å². The van der Waals surface area contributed by atoms with Crippen LogP contribution in [-0.4, -0.2) is 15.3 Å². The fourth-order valence-electron chi connectivity index (χ4n) is 3.55. The van der Waals surface area contributed by atoms with Crippen molar-refractivity contribution >= 4 is 0 Å². The third-order valence-electron chi connectivity index (χ3n) is 5.70. The smallest absolute Gasteiger partial charge is 0.574 e. The van der Waals surface area contributed by atoms with Gasteiger partial charge in [-0.3, -0.25) is 0 Å². The van der Waals surface area contributed by atoms with E-state index in [4.69, 9.17) is 0 Å². The molecule has 6 aromatic rings. The van der Waals surface area contributed by atoms with Gasteiger partial charge in [0, 0.05) is 11.4 Å². The first-order valence-corrected chi connectivity index (χ1v) is 12.6. The summed E-state index contributed by atoms with van der Waals surface area (Å²) in [5, 5.41) is 19.7. The summed E-state index contributed by atoms with van der Waals surface area (Å²) in [4.78, 5) is 0. The second-order valence-electron chi connectivity index (χ2n) is 8.94. The minimum absolute atomic E-state index is 0. The molecular weight excluding hydrogens is 806 g/mol. The van der Waals surface area contributed by atoms with Crippen molar-refractivity contribution in [2.24, 2.45) is 0 Å². The van der Waals surface area contributed by atoms with Crippen LogP contribution in [0.2, 0.25) is 0 Å². The average molecular weight is 824 g/mol. The maximum atomic E-state index is 12.2. The van der Waals surface area contributed by atoms with Gasteiger partial charge in [-0.15, -0.1) is 5.69 Å². The Labute approximate surface area is 298 Å². The van der Waals surface area contributed by atoms with Crippen LogP contribution in [0.15, 0.2) is 109 Å². The van der Waals surface area contributed by atoms with E-state index in [1.54, 1.807) is 91.0 Å². The maximum absolute atomic E-state index is 12.2. The summed E-state index contributed by atoms with van der Waals surface area (Å²) in [6.07, 6.45) is -13.3. The molecule has 264 valence electrons. The molecule has 0 spiro atoms. The number of hydrogen-bond acceptors (Lipinski definition) is 3. The maximum Gasteiger partial charge on any atom is 1.00 e. The number of benzene rings is 3. The van der Waals surface area contributed by atoms with E-state index in [9.17, 15) is 39.5 Å². The van der Waals surface area contributed by atoms with Gasteiger partial charge in [0.15, 0.2) is 0 Å². The normalized spacial score (nSPS) is 10.9. The first kappa shape index (κ1) is 42.2. The molecule has 0 unspecified atom stereocenters. The Balaban J connectivity index is 0.000000349. The molecule has 0 amide bonds. The molecule has 3 aromatic carbocycles. The molecule has 18 heteroatoms. The Morgan fingerprint density at radius 1 is 0.396 bits per heavy atom. The third-order valence-corrected chi connectivity index (χ3v) is 5.70. The summed E-state index contributed by atoms with van der Waals surface area (Å²) in [5.74, 6) is 0. The van der Waals surface area contributed by atoms with E-state index in [0.717, 1.165) is 18.2 Å². The Morgan fingerprint density at radius 2 is 0.750 bits per heavy atom. The van der Waals surface area contributed by atoms with Gasteiger partial charge in [-0.2, -0.15) is 39.5 Å². The molecular formula is C30H18Cu3F9N6. The quantitative estimate of drug-likeness (QED) is 0.133. The first-order chi connectivity index (χ1) is 21.2. The van der Waals surface area contributed by atoms with E-state index in [2.05, 4.69) is 30.6 Å². The molecule has 3 heterocycles. The van der Waals surface area contributed by atoms with Crippen LogP contribution >= 0.6 is 0 Å². The van der Waals surface area contributed by atoms with Gasteiger partial charge < -0.3 is 30.6 Å². The molecule has 0 saturated carbocycles. The summed E-state index contributed by atoms with van der Waals surface area (Å²) in [5.41, 5.74) is -0.278. The predicted octanol–water partition coefficient (Wildman–Crippen LogP) is 8.17. The Hall–Kier alpha value is -3.78. The van der Waals surface area contributed by atoms with Gasteiger partial charge in [-0.05, 0) is 46.3 Å². The fraction of sp³-hybridized carbons (Fsp3) is 0.100. The fourth-order valence-corrected chi connectivity index (χ4v) is 3.55.